The summed E-state index contributed by atoms with van der Waals surface area (Å²) in [5.74, 6) is 3.89. The van der Waals surface area contributed by atoms with Crippen molar-refractivity contribution in [3.63, 3.8) is 0 Å². The highest BCUT2D eigenvalue weighted by molar-refractivity contribution is 5.23. The standard InChI is InChI=1S/C16H18F2N2/c1-11-2-4-12(5-3-11)8-14(20-19)9-13-6-7-15(17)16(18)10-13/h2-7,10,14,20H,8-9,19H2,1H3. The van der Waals surface area contributed by atoms with Crippen LogP contribution in [0.25, 0.3) is 0 Å². The number of hydrogen-bond acceptors (Lipinski definition) is 2. The Morgan fingerprint density at radius 2 is 1.55 bits per heavy atom. The number of aryl methyl sites for hydroxylation is 1. The predicted octanol–water partition coefficient (Wildman–Crippen LogP) is 2.89. The number of nitrogens with one attached hydrogen (secondary N) is 1. The number of rotatable bonds is 5. The van der Waals surface area contributed by atoms with Gasteiger partial charge in [0.25, 0.3) is 0 Å². The number of hydrazine groups is 1. The zero-order valence-corrected chi connectivity index (χ0v) is 11.4. The number of hydrogen-bond donors (Lipinski definition) is 2. The minimum Gasteiger partial charge on any atom is -0.271 e. The van der Waals surface area contributed by atoms with E-state index >= 15 is 0 Å². The first-order chi connectivity index (χ1) is 9.58. The Morgan fingerprint density at radius 3 is 2.15 bits per heavy atom. The molecule has 0 aliphatic rings. The SMILES string of the molecule is Cc1ccc(CC(Cc2ccc(F)c(F)c2)NN)cc1. The van der Waals surface area contributed by atoms with Gasteiger partial charge in [-0.1, -0.05) is 35.9 Å². The van der Waals surface area contributed by atoms with E-state index in [2.05, 4.69) is 5.43 Å². The smallest absolute Gasteiger partial charge is 0.159 e. The third kappa shape index (κ3) is 3.85. The van der Waals surface area contributed by atoms with Crippen LogP contribution in [-0.2, 0) is 12.8 Å². The normalized spacial score (nSPS) is 12.4. The Hall–Kier alpha value is -1.78. The second-order valence-electron chi connectivity index (χ2n) is 5.01. The van der Waals surface area contributed by atoms with Gasteiger partial charge in [0.2, 0.25) is 0 Å². The molecule has 20 heavy (non-hydrogen) atoms. The summed E-state index contributed by atoms with van der Waals surface area (Å²) in [5, 5.41) is 0. The fraction of sp³-hybridized carbons (Fsp3) is 0.250. The molecule has 0 aliphatic carbocycles. The molecule has 4 heteroatoms. The number of nitrogens with two attached hydrogens (primary N) is 1. The average molecular weight is 276 g/mol. The Balaban J connectivity index is 2.04. The van der Waals surface area contributed by atoms with E-state index in [0.29, 0.717) is 6.42 Å². The molecule has 2 aromatic rings. The highest BCUT2D eigenvalue weighted by atomic mass is 19.2. The monoisotopic (exact) mass is 276 g/mol. The fourth-order valence-electron chi connectivity index (χ4n) is 2.15. The van der Waals surface area contributed by atoms with Crippen LogP contribution in [-0.4, -0.2) is 6.04 Å². The topological polar surface area (TPSA) is 38.0 Å². The lowest BCUT2D eigenvalue weighted by atomic mass is 9.99. The molecule has 0 saturated heterocycles. The molecule has 0 heterocycles. The van der Waals surface area contributed by atoms with Crippen molar-refractivity contribution in [3.8, 4) is 0 Å². The summed E-state index contributed by atoms with van der Waals surface area (Å²) in [6.45, 7) is 2.03. The van der Waals surface area contributed by atoms with E-state index in [4.69, 9.17) is 5.84 Å². The van der Waals surface area contributed by atoms with Crippen LogP contribution in [0, 0.1) is 18.6 Å². The molecule has 3 N–H and O–H groups in total. The van der Waals surface area contributed by atoms with E-state index in [0.717, 1.165) is 23.6 Å². The van der Waals surface area contributed by atoms with Gasteiger partial charge in [-0.15, -0.1) is 0 Å². The molecule has 0 bridgehead atoms. The van der Waals surface area contributed by atoms with Crippen molar-refractivity contribution in [2.45, 2.75) is 25.8 Å². The van der Waals surface area contributed by atoms with Crippen molar-refractivity contribution in [1.82, 2.24) is 5.43 Å². The molecule has 2 aromatic carbocycles. The quantitative estimate of drug-likeness (QED) is 0.651. The molecule has 2 rings (SSSR count). The molecule has 0 aromatic heterocycles. The van der Waals surface area contributed by atoms with Gasteiger partial charge in [0.15, 0.2) is 11.6 Å². The maximum Gasteiger partial charge on any atom is 0.159 e. The molecule has 0 saturated carbocycles. The Morgan fingerprint density at radius 1 is 0.950 bits per heavy atom. The van der Waals surface area contributed by atoms with Crippen LogP contribution in [0.5, 0.6) is 0 Å². The largest absolute Gasteiger partial charge is 0.271 e. The summed E-state index contributed by atoms with van der Waals surface area (Å²) in [7, 11) is 0. The minimum absolute atomic E-state index is 0.0254. The fourth-order valence-corrected chi connectivity index (χ4v) is 2.15. The van der Waals surface area contributed by atoms with Gasteiger partial charge in [0.05, 0.1) is 0 Å². The molecular formula is C16H18F2N2. The first-order valence-electron chi connectivity index (χ1n) is 6.54. The lowest BCUT2D eigenvalue weighted by Crippen LogP contribution is -2.38. The highest BCUT2D eigenvalue weighted by Crippen LogP contribution is 2.13. The van der Waals surface area contributed by atoms with Crippen LogP contribution >= 0.6 is 0 Å². The summed E-state index contributed by atoms with van der Waals surface area (Å²) in [6.07, 6.45) is 1.28. The van der Waals surface area contributed by atoms with Gasteiger partial charge in [0.1, 0.15) is 0 Å². The summed E-state index contributed by atoms with van der Waals surface area (Å²) in [5.41, 5.74) is 5.81. The molecule has 1 unspecified atom stereocenters. The Labute approximate surface area is 117 Å². The lowest BCUT2D eigenvalue weighted by molar-refractivity contribution is 0.498. The molecule has 0 radical (unpaired) electrons. The van der Waals surface area contributed by atoms with E-state index in [9.17, 15) is 8.78 Å². The van der Waals surface area contributed by atoms with Crippen molar-refractivity contribution >= 4 is 0 Å². The second kappa shape index (κ2) is 6.59. The van der Waals surface area contributed by atoms with E-state index in [1.54, 1.807) is 6.07 Å². The van der Waals surface area contributed by atoms with Crippen LogP contribution in [0.3, 0.4) is 0 Å². The summed E-state index contributed by atoms with van der Waals surface area (Å²) < 4.78 is 26.1. The van der Waals surface area contributed by atoms with Gasteiger partial charge < -0.3 is 0 Å². The van der Waals surface area contributed by atoms with Gasteiger partial charge >= 0.3 is 0 Å². The summed E-state index contributed by atoms with van der Waals surface area (Å²) >= 11 is 0. The van der Waals surface area contributed by atoms with Crippen LogP contribution in [0.15, 0.2) is 42.5 Å². The van der Waals surface area contributed by atoms with Crippen LogP contribution in [0.4, 0.5) is 8.78 Å². The minimum atomic E-state index is -0.829. The first kappa shape index (κ1) is 14.6. The van der Waals surface area contributed by atoms with E-state index in [1.807, 2.05) is 31.2 Å². The van der Waals surface area contributed by atoms with E-state index in [-0.39, 0.29) is 6.04 Å². The molecule has 106 valence electrons. The lowest BCUT2D eigenvalue weighted by Gasteiger charge is -2.16. The van der Waals surface area contributed by atoms with Gasteiger partial charge in [-0.2, -0.15) is 0 Å². The van der Waals surface area contributed by atoms with E-state index in [1.165, 1.54) is 11.6 Å². The average Bonchev–Trinajstić information content (AvgIpc) is 2.44. The van der Waals surface area contributed by atoms with Gasteiger partial charge in [0, 0.05) is 6.04 Å². The van der Waals surface area contributed by atoms with Crippen molar-refractivity contribution in [2.75, 3.05) is 0 Å². The predicted molar refractivity (Wildman–Crippen MR) is 76.1 cm³/mol. The zero-order valence-electron chi connectivity index (χ0n) is 11.4. The molecule has 0 aliphatic heterocycles. The first-order valence-corrected chi connectivity index (χ1v) is 6.54. The maximum atomic E-state index is 13.2. The van der Waals surface area contributed by atoms with Crippen LogP contribution in [0.1, 0.15) is 16.7 Å². The van der Waals surface area contributed by atoms with Crippen molar-refractivity contribution in [3.05, 3.63) is 70.8 Å². The molecular weight excluding hydrogens is 258 g/mol. The van der Waals surface area contributed by atoms with Gasteiger partial charge in [-0.05, 0) is 43.0 Å². The zero-order chi connectivity index (χ0) is 14.5. The molecule has 1 atom stereocenters. The number of benzene rings is 2. The Kier molecular flexibility index (Phi) is 4.82. The van der Waals surface area contributed by atoms with Crippen molar-refractivity contribution in [1.29, 1.82) is 0 Å². The van der Waals surface area contributed by atoms with Crippen molar-refractivity contribution < 1.29 is 8.78 Å². The summed E-state index contributed by atoms with van der Waals surface area (Å²) in [6, 6.07) is 12.1. The van der Waals surface area contributed by atoms with Gasteiger partial charge in [-0.25, -0.2) is 8.78 Å². The highest BCUT2D eigenvalue weighted by Gasteiger charge is 2.11. The third-order valence-corrected chi connectivity index (χ3v) is 3.30. The molecule has 0 amide bonds. The second-order valence-corrected chi connectivity index (χ2v) is 5.01. The molecule has 0 spiro atoms. The third-order valence-electron chi connectivity index (χ3n) is 3.30. The molecule has 2 nitrogen and oxygen atoms in total. The van der Waals surface area contributed by atoms with E-state index < -0.39 is 11.6 Å². The number of halogens is 2. The molecule has 0 fully saturated rings. The Bertz CT molecular complexity index is 567. The van der Waals surface area contributed by atoms with Crippen LogP contribution in [0.2, 0.25) is 0 Å². The van der Waals surface area contributed by atoms with Gasteiger partial charge in [-0.3, -0.25) is 11.3 Å². The summed E-state index contributed by atoms with van der Waals surface area (Å²) in [4.78, 5) is 0. The van der Waals surface area contributed by atoms with Crippen molar-refractivity contribution in [2.24, 2.45) is 5.84 Å². The van der Waals surface area contributed by atoms with Crippen LogP contribution < -0.4 is 11.3 Å². The maximum absolute atomic E-state index is 13.2.